The summed E-state index contributed by atoms with van der Waals surface area (Å²) in [6.45, 7) is 5.00. The molecule has 2 aromatic heterocycles. The van der Waals surface area contributed by atoms with Crippen LogP contribution in [-0.2, 0) is 19.9 Å². The lowest BCUT2D eigenvalue weighted by Gasteiger charge is -2.34. The highest BCUT2D eigenvalue weighted by atomic mass is 16.6. The van der Waals surface area contributed by atoms with E-state index in [1.807, 2.05) is 0 Å². The Morgan fingerprint density at radius 1 is 1.08 bits per heavy atom. The normalized spacial score (nSPS) is 13.7. The van der Waals surface area contributed by atoms with Gasteiger partial charge in [-0.1, -0.05) is 13.8 Å². The summed E-state index contributed by atoms with van der Waals surface area (Å²) in [7, 11) is 0. The molecule has 132 valence electrons. The van der Waals surface area contributed by atoms with E-state index < -0.39 is 23.0 Å². The summed E-state index contributed by atoms with van der Waals surface area (Å²) in [5, 5.41) is 9.60. The quantitative estimate of drug-likeness (QED) is 0.609. The van der Waals surface area contributed by atoms with Crippen molar-refractivity contribution in [3.05, 3.63) is 54.4 Å². The van der Waals surface area contributed by atoms with Crippen LogP contribution in [-0.4, -0.2) is 32.0 Å². The molecule has 0 amide bonds. The molecule has 0 aliphatic carbocycles. The Balaban J connectivity index is 2.52. The number of hydrogen-bond donors (Lipinski definition) is 1. The molecule has 1 unspecified atom stereocenters. The number of aliphatic carboxylic acids is 1. The number of carboxylic acids is 1. The molecule has 0 bridgehead atoms. The lowest BCUT2D eigenvalue weighted by atomic mass is 9.82. The van der Waals surface area contributed by atoms with Gasteiger partial charge in [0.25, 0.3) is 0 Å². The SMILES string of the molecule is CCC(CC)(C(=O)O)C(=O)OC(C)(c1ccncc1)c1ccncn1. The molecule has 2 heterocycles. The van der Waals surface area contributed by atoms with Gasteiger partial charge in [0.05, 0.1) is 5.69 Å². The standard InChI is InChI=1S/C18H21N3O4/c1-4-18(5-2,15(22)23)16(24)25-17(3,13-6-9-19-10-7-13)14-8-11-20-12-21-14/h6-12H,4-5H2,1-3H3,(H,22,23). The van der Waals surface area contributed by atoms with Gasteiger partial charge >= 0.3 is 11.9 Å². The van der Waals surface area contributed by atoms with Gasteiger partial charge in [0, 0.05) is 24.2 Å². The third-order valence-corrected chi connectivity index (χ3v) is 4.61. The van der Waals surface area contributed by atoms with Crippen molar-refractivity contribution in [2.24, 2.45) is 5.41 Å². The van der Waals surface area contributed by atoms with Crippen molar-refractivity contribution in [1.82, 2.24) is 15.0 Å². The third kappa shape index (κ3) is 3.35. The Hall–Kier alpha value is -2.83. The van der Waals surface area contributed by atoms with E-state index in [0.29, 0.717) is 11.3 Å². The third-order valence-electron chi connectivity index (χ3n) is 4.61. The van der Waals surface area contributed by atoms with Crippen LogP contribution in [0.15, 0.2) is 43.1 Å². The van der Waals surface area contributed by atoms with Crippen molar-refractivity contribution < 1.29 is 19.4 Å². The summed E-state index contributed by atoms with van der Waals surface area (Å²) >= 11 is 0. The average molecular weight is 343 g/mol. The number of esters is 1. The van der Waals surface area contributed by atoms with Crippen molar-refractivity contribution in [2.75, 3.05) is 0 Å². The monoisotopic (exact) mass is 343 g/mol. The number of carbonyl (C=O) groups is 2. The van der Waals surface area contributed by atoms with Crippen LogP contribution >= 0.6 is 0 Å². The number of ether oxygens (including phenoxy) is 1. The van der Waals surface area contributed by atoms with Gasteiger partial charge in [0.2, 0.25) is 0 Å². The van der Waals surface area contributed by atoms with E-state index in [1.165, 1.54) is 6.33 Å². The second-order valence-electron chi connectivity index (χ2n) is 5.85. The first kappa shape index (κ1) is 18.5. The van der Waals surface area contributed by atoms with Gasteiger partial charge in [-0.15, -0.1) is 0 Å². The molecule has 0 fully saturated rings. The first-order valence-electron chi connectivity index (χ1n) is 8.04. The Morgan fingerprint density at radius 2 is 1.68 bits per heavy atom. The molecule has 0 aliphatic rings. The van der Waals surface area contributed by atoms with Gasteiger partial charge in [-0.2, -0.15) is 0 Å². The van der Waals surface area contributed by atoms with Crippen molar-refractivity contribution in [3.8, 4) is 0 Å². The molecule has 7 heteroatoms. The molecule has 7 nitrogen and oxygen atoms in total. The van der Waals surface area contributed by atoms with Crippen LogP contribution in [0.3, 0.4) is 0 Å². The van der Waals surface area contributed by atoms with Crippen LogP contribution in [0.25, 0.3) is 0 Å². The molecule has 0 aliphatic heterocycles. The Kier molecular flexibility index (Phi) is 5.46. The van der Waals surface area contributed by atoms with Gasteiger partial charge in [-0.25, -0.2) is 9.97 Å². The first-order chi connectivity index (χ1) is 11.9. The van der Waals surface area contributed by atoms with Gasteiger partial charge in [0.15, 0.2) is 11.0 Å². The summed E-state index contributed by atoms with van der Waals surface area (Å²) in [5.41, 5.74) is -1.76. The molecular weight excluding hydrogens is 322 g/mol. The maximum atomic E-state index is 12.9. The lowest BCUT2D eigenvalue weighted by molar-refractivity contribution is -0.178. The molecule has 1 N–H and O–H groups in total. The summed E-state index contributed by atoms with van der Waals surface area (Å²) in [6.07, 6.45) is 6.31. The molecule has 2 aromatic rings. The minimum Gasteiger partial charge on any atom is -0.480 e. The van der Waals surface area contributed by atoms with Crippen LogP contribution in [0.1, 0.15) is 44.9 Å². The second kappa shape index (κ2) is 7.38. The van der Waals surface area contributed by atoms with Gasteiger partial charge in [-0.05, 0) is 38.0 Å². The topological polar surface area (TPSA) is 102 Å². The zero-order chi connectivity index (χ0) is 18.5. The summed E-state index contributed by atoms with van der Waals surface area (Å²) in [4.78, 5) is 36.7. The van der Waals surface area contributed by atoms with E-state index in [-0.39, 0.29) is 12.8 Å². The highest BCUT2D eigenvalue weighted by Crippen LogP contribution is 2.37. The van der Waals surface area contributed by atoms with Crippen LogP contribution in [0.5, 0.6) is 0 Å². The molecule has 25 heavy (non-hydrogen) atoms. The smallest absolute Gasteiger partial charge is 0.324 e. The van der Waals surface area contributed by atoms with E-state index in [9.17, 15) is 14.7 Å². The summed E-state index contributed by atoms with van der Waals surface area (Å²) < 4.78 is 5.78. The highest BCUT2D eigenvalue weighted by molar-refractivity contribution is 5.99. The second-order valence-corrected chi connectivity index (χ2v) is 5.85. The van der Waals surface area contributed by atoms with E-state index >= 15 is 0 Å². The molecule has 0 saturated carbocycles. The number of aromatic nitrogens is 3. The fraction of sp³-hybridized carbons (Fsp3) is 0.389. The molecule has 1 atom stereocenters. The number of hydrogen-bond acceptors (Lipinski definition) is 6. The van der Waals surface area contributed by atoms with Crippen LogP contribution in [0, 0.1) is 5.41 Å². The zero-order valence-corrected chi connectivity index (χ0v) is 14.5. The number of rotatable bonds is 7. The van der Waals surface area contributed by atoms with Gasteiger partial charge in [-0.3, -0.25) is 14.6 Å². The summed E-state index contributed by atoms with van der Waals surface area (Å²) in [6, 6.07) is 5.04. The van der Waals surface area contributed by atoms with Crippen molar-refractivity contribution in [1.29, 1.82) is 0 Å². The Bertz CT molecular complexity index is 691. The van der Waals surface area contributed by atoms with Crippen molar-refractivity contribution >= 4 is 11.9 Å². The Labute approximate surface area is 146 Å². The molecule has 0 spiro atoms. The van der Waals surface area contributed by atoms with Crippen LogP contribution in [0.4, 0.5) is 0 Å². The van der Waals surface area contributed by atoms with E-state index in [1.54, 1.807) is 57.6 Å². The van der Waals surface area contributed by atoms with Gasteiger partial charge in [0.1, 0.15) is 6.33 Å². The van der Waals surface area contributed by atoms with Crippen molar-refractivity contribution in [2.45, 2.75) is 39.2 Å². The lowest BCUT2D eigenvalue weighted by Crippen LogP contribution is -2.44. The molecular formula is C18H21N3O4. The van der Waals surface area contributed by atoms with E-state index in [4.69, 9.17) is 4.74 Å². The number of carbonyl (C=O) groups excluding carboxylic acids is 1. The van der Waals surface area contributed by atoms with Crippen LogP contribution in [0.2, 0.25) is 0 Å². The highest BCUT2D eigenvalue weighted by Gasteiger charge is 2.48. The Morgan fingerprint density at radius 3 is 2.16 bits per heavy atom. The zero-order valence-electron chi connectivity index (χ0n) is 14.5. The van der Waals surface area contributed by atoms with Crippen molar-refractivity contribution in [3.63, 3.8) is 0 Å². The summed E-state index contributed by atoms with van der Waals surface area (Å²) in [5.74, 6) is -1.98. The minimum absolute atomic E-state index is 0.133. The number of pyridine rings is 1. The maximum absolute atomic E-state index is 12.9. The fourth-order valence-electron chi connectivity index (χ4n) is 2.71. The predicted molar refractivity (Wildman–Crippen MR) is 89.5 cm³/mol. The van der Waals surface area contributed by atoms with E-state index in [0.717, 1.165) is 0 Å². The largest absolute Gasteiger partial charge is 0.480 e. The molecule has 0 saturated heterocycles. The first-order valence-corrected chi connectivity index (χ1v) is 8.04. The van der Waals surface area contributed by atoms with Crippen LogP contribution < -0.4 is 0 Å². The average Bonchev–Trinajstić information content (AvgIpc) is 2.64. The number of carboxylic acid groups (broad SMARTS) is 1. The fourth-order valence-corrected chi connectivity index (χ4v) is 2.71. The minimum atomic E-state index is -1.60. The van der Waals surface area contributed by atoms with Gasteiger partial charge < -0.3 is 9.84 Å². The number of nitrogens with zero attached hydrogens (tertiary/aromatic N) is 3. The maximum Gasteiger partial charge on any atom is 0.324 e. The predicted octanol–water partition coefficient (Wildman–Crippen LogP) is 2.57. The molecule has 0 radical (unpaired) electrons. The molecule has 2 rings (SSSR count). The van der Waals surface area contributed by atoms with E-state index in [2.05, 4.69) is 15.0 Å². The molecule has 0 aromatic carbocycles.